The Morgan fingerprint density at radius 3 is 2.15 bits per heavy atom. The van der Waals surface area contributed by atoms with Crippen molar-refractivity contribution in [2.75, 3.05) is 104 Å². The number of fused-ring (bicyclic) bond motifs is 2. The van der Waals surface area contributed by atoms with Crippen molar-refractivity contribution in [3.8, 4) is 5.75 Å². The van der Waals surface area contributed by atoms with Gasteiger partial charge in [0.15, 0.2) is 0 Å². The molecule has 0 bridgehead atoms. The third-order valence-corrected chi connectivity index (χ3v) is 11.2. The molecule has 0 aliphatic carbocycles. The second-order valence-corrected chi connectivity index (χ2v) is 15.7. The van der Waals surface area contributed by atoms with Crippen LogP contribution in [0.15, 0.2) is 73.1 Å². The number of anilines is 2. The predicted octanol–water partition coefficient (Wildman–Crippen LogP) is 3.97. The Kier molecular flexibility index (Phi) is 15.6. The van der Waals surface area contributed by atoms with Crippen LogP contribution in [0.2, 0.25) is 0 Å². The van der Waals surface area contributed by atoms with Gasteiger partial charge in [0.1, 0.15) is 29.2 Å². The molecule has 1 saturated heterocycles. The zero-order valence-corrected chi connectivity index (χ0v) is 35.6. The highest BCUT2D eigenvalue weighted by molar-refractivity contribution is 7.18. The molecule has 2 aromatic heterocycles. The number of aromatic nitrogens is 2. The topological polar surface area (TPSA) is 192 Å². The zero-order chi connectivity index (χ0) is 43.3. The first kappa shape index (κ1) is 44.3. The summed E-state index contributed by atoms with van der Waals surface area (Å²) in [5, 5.41) is 9.98. The van der Waals surface area contributed by atoms with Gasteiger partial charge < -0.3 is 44.0 Å². The number of hydrogen-bond acceptors (Lipinski definition) is 16. The van der Waals surface area contributed by atoms with Crippen molar-refractivity contribution >= 4 is 62.3 Å². The summed E-state index contributed by atoms with van der Waals surface area (Å²) in [7, 11) is 4.08. The molecule has 0 radical (unpaired) electrons. The van der Waals surface area contributed by atoms with E-state index in [0.29, 0.717) is 71.8 Å². The van der Waals surface area contributed by atoms with Gasteiger partial charge in [-0.25, -0.2) is 9.97 Å². The Morgan fingerprint density at radius 1 is 0.806 bits per heavy atom. The van der Waals surface area contributed by atoms with Crippen LogP contribution in [0.4, 0.5) is 11.5 Å². The third-order valence-electron chi connectivity index (χ3n) is 10.1. The first-order valence-corrected chi connectivity index (χ1v) is 21.4. The Morgan fingerprint density at radius 2 is 1.50 bits per heavy atom. The molecular formula is C44H51N7O10S. The average Bonchev–Trinajstić information content (AvgIpc) is 3.82. The lowest BCUT2D eigenvalue weighted by Crippen LogP contribution is -2.54. The molecule has 2 atom stereocenters. The van der Waals surface area contributed by atoms with Crippen molar-refractivity contribution in [1.82, 2.24) is 25.5 Å². The molecule has 0 spiro atoms. The Labute approximate surface area is 363 Å². The summed E-state index contributed by atoms with van der Waals surface area (Å²) in [4.78, 5) is 61.9. The van der Waals surface area contributed by atoms with Crippen molar-refractivity contribution in [3.63, 3.8) is 0 Å². The lowest BCUT2D eigenvalue weighted by atomic mass is 10.0. The Bertz CT molecular complexity index is 2260. The largest absolute Gasteiger partial charge is 0.491 e. The van der Waals surface area contributed by atoms with Gasteiger partial charge in [0.05, 0.1) is 93.5 Å². The van der Waals surface area contributed by atoms with E-state index in [1.807, 2.05) is 38.6 Å². The normalized spacial score (nSPS) is 17.3. The summed E-state index contributed by atoms with van der Waals surface area (Å²) in [6, 6.07) is 13.9. The molecule has 3 N–H and O–H groups in total. The molecule has 328 valence electrons. The molecule has 2 aromatic carbocycles. The fourth-order valence-electron chi connectivity index (χ4n) is 6.82. The van der Waals surface area contributed by atoms with Crippen LogP contribution in [0, 0.1) is 0 Å². The zero-order valence-electron chi connectivity index (χ0n) is 34.8. The molecule has 3 aliphatic rings. The van der Waals surface area contributed by atoms with E-state index in [9.17, 15) is 19.2 Å². The van der Waals surface area contributed by atoms with Crippen molar-refractivity contribution in [3.05, 3.63) is 94.8 Å². The van der Waals surface area contributed by atoms with E-state index in [1.54, 1.807) is 17.4 Å². The minimum absolute atomic E-state index is 0.0299. The van der Waals surface area contributed by atoms with E-state index in [4.69, 9.17) is 33.4 Å². The van der Waals surface area contributed by atoms with E-state index < -0.39 is 29.7 Å². The van der Waals surface area contributed by atoms with Crippen molar-refractivity contribution in [2.24, 2.45) is 0 Å². The number of nitrogens with zero attached hydrogens (tertiary/aromatic N) is 4. The standard InChI is InChI=1S/C44H51N7O10S/c1-50(2)31-5-9-35-38(25-31)62-42(48-35)36-8-3-29(27-46-36)30-4-11-39(47-28-30)45-13-14-56-15-16-57-17-18-58-19-20-59-21-22-60-23-24-61-32-6-7-33-34(26-32)44(55)51(43(33)54)37-10-12-40(52)49-41(37)53/h3-9,11,25-28,36-37,46H,10,12-24H2,1-2H3,(H,45,47)(H,49,52,53). The molecule has 2 unspecified atom stereocenters. The van der Waals surface area contributed by atoms with Gasteiger partial charge >= 0.3 is 0 Å². The first-order chi connectivity index (χ1) is 30.2. The lowest BCUT2D eigenvalue weighted by Gasteiger charge is -2.27. The van der Waals surface area contributed by atoms with Gasteiger partial charge in [0.25, 0.3) is 11.8 Å². The van der Waals surface area contributed by atoms with Crippen LogP contribution in [0.25, 0.3) is 15.8 Å². The molecule has 0 saturated carbocycles. The fraction of sp³-hybridized carbons (Fsp3) is 0.409. The van der Waals surface area contributed by atoms with Gasteiger partial charge in [-0.15, -0.1) is 11.3 Å². The third kappa shape index (κ3) is 11.6. The number of allylic oxidation sites excluding steroid dienone is 2. The van der Waals surface area contributed by atoms with Crippen molar-refractivity contribution < 1.29 is 47.6 Å². The fourth-order valence-corrected chi connectivity index (χ4v) is 7.86. The molecular weight excluding hydrogens is 819 g/mol. The first-order valence-electron chi connectivity index (χ1n) is 20.5. The summed E-state index contributed by atoms with van der Waals surface area (Å²) >= 11 is 1.71. The number of hydrogen-bond donors (Lipinski definition) is 3. The smallest absolute Gasteiger partial charge is 0.262 e. The minimum atomic E-state index is -1.01. The van der Waals surface area contributed by atoms with Gasteiger partial charge in [-0.3, -0.25) is 29.4 Å². The summed E-state index contributed by atoms with van der Waals surface area (Å²) < 4.78 is 34.7. The second-order valence-electron chi connectivity index (χ2n) is 14.6. The molecule has 1 fully saturated rings. The van der Waals surface area contributed by atoms with Gasteiger partial charge in [-0.1, -0.05) is 12.2 Å². The predicted molar refractivity (Wildman–Crippen MR) is 232 cm³/mol. The van der Waals surface area contributed by atoms with Gasteiger partial charge in [-0.2, -0.15) is 0 Å². The second kappa shape index (κ2) is 21.9. The number of rotatable bonds is 24. The average molecular weight is 870 g/mol. The Hall–Kier alpha value is -5.76. The van der Waals surface area contributed by atoms with Crippen LogP contribution >= 0.6 is 11.3 Å². The molecule has 3 aliphatic heterocycles. The van der Waals surface area contributed by atoms with E-state index in [0.717, 1.165) is 38.1 Å². The van der Waals surface area contributed by atoms with Crippen LogP contribution in [-0.2, 0) is 33.3 Å². The molecule has 18 heteroatoms. The number of carbonyl (C=O) groups is 4. The van der Waals surface area contributed by atoms with E-state index >= 15 is 0 Å². The maximum Gasteiger partial charge on any atom is 0.262 e. The number of ether oxygens (including phenoxy) is 6. The van der Waals surface area contributed by atoms with Crippen LogP contribution in [0.5, 0.6) is 5.75 Å². The number of piperidine rings is 1. The number of dihydropyridines is 1. The number of carbonyl (C=O) groups excluding carboxylic acids is 4. The molecule has 4 aromatic rings. The molecule has 4 amide bonds. The summed E-state index contributed by atoms with van der Waals surface area (Å²) in [6.45, 7) is 5.10. The number of benzene rings is 2. The van der Waals surface area contributed by atoms with E-state index in [2.05, 4.69) is 56.2 Å². The lowest BCUT2D eigenvalue weighted by molar-refractivity contribution is -0.136. The quantitative estimate of drug-likeness (QED) is 0.0677. The summed E-state index contributed by atoms with van der Waals surface area (Å²) in [6.07, 6.45) is 8.29. The van der Waals surface area contributed by atoms with Crippen LogP contribution in [0.1, 0.15) is 50.2 Å². The molecule has 17 nitrogen and oxygen atoms in total. The minimum Gasteiger partial charge on any atom is -0.491 e. The number of amides is 4. The number of thiazole rings is 1. The Balaban J connectivity index is 0.649. The highest BCUT2D eigenvalue weighted by Crippen LogP contribution is 2.33. The van der Waals surface area contributed by atoms with E-state index in [-0.39, 0.29) is 43.2 Å². The SMILES string of the molecule is CN(C)c1ccc2nc(C3C=CC(c4ccc(NCCOCCOCCOCCOCCOCCOc5ccc6c(c5)C(=O)N(C5CCC(=O)NC5=O)C6=O)nc4)=CN3)sc2c1. The van der Waals surface area contributed by atoms with Gasteiger partial charge in [0, 0.05) is 50.7 Å². The number of pyridine rings is 1. The summed E-state index contributed by atoms with van der Waals surface area (Å²) in [5.74, 6) is -1.05. The van der Waals surface area contributed by atoms with Crippen molar-refractivity contribution in [2.45, 2.75) is 24.9 Å². The summed E-state index contributed by atoms with van der Waals surface area (Å²) in [5.41, 5.74) is 4.61. The number of imide groups is 2. The van der Waals surface area contributed by atoms with Gasteiger partial charge in [-0.05, 0) is 60.5 Å². The maximum atomic E-state index is 13.0. The van der Waals surface area contributed by atoms with Crippen LogP contribution < -0.4 is 25.6 Å². The molecule has 7 rings (SSSR count). The van der Waals surface area contributed by atoms with E-state index in [1.165, 1.54) is 16.8 Å². The molecule has 5 heterocycles. The van der Waals surface area contributed by atoms with Crippen molar-refractivity contribution in [1.29, 1.82) is 0 Å². The number of nitrogens with one attached hydrogen (secondary N) is 3. The van der Waals surface area contributed by atoms with Crippen LogP contribution in [-0.4, -0.2) is 138 Å². The molecule has 62 heavy (non-hydrogen) atoms. The van der Waals surface area contributed by atoms with Crippen LogP contribution in [0.3, 0.4) is 0 Å². The highest BCUT2D eigenvalue weighted by atomic mass is 32.1. The highest BCUT2D eigenvalue weighted by Gasteiger charge is 2.44. The maximum absolute atomic E-state index is 13.0. The monoisotopic (exact) mass is 869 g/mol. The van der Waals surface area contributed by atoms with Gasteiger partial charge in [0.2, 0.25) is 11.8 Å².